The number of ether oxygens (including phenoxy) is 2. The summed E-state index contributed by atoms with van der Waals surface area (Å²) in [5, 5.41) is 5.01. The minimum Gasteiger partial charge on any atom is -0.438 e. The molecule has 0 saturated carbocycles. The van der Waals surface area contributed by atoms with E-state index in [2.05, 4.69) is 20.7 Å². The molecule has 2 aromatic carbocycles. The molecule has 39 heavy (non-hydrogen) atoms. The minimum atomic E-state index is -4.43. The summed E-state index contributed by atoms with van der Waals surface area (Å²) in [6.07, 6.45) is -1.63. The molecule has 0 atom stereocenters. The van der Waals surface area contributed by atoms with Crippen LogP contribution in [0.15, 0.2) is 67.1 Å². The van der Waals surface area contributed by atoms with Gasteiger partial charge in [-0.05, 0) is 48.0 Å². The molecule has 4 aromatic rings. The van der Waals surface area contributed by atoms with Crippen LogP contribution in [0.5, 0.6) is 11.6 Å². The number of fused-ring (bicyclic) bond motifs is 1. The molecule has 0 bridgehead atoms. The van der Waals surface area contributed by atoms with Crippen LogP contribution >= 0.6 is 0 Å². The topological polar surface area (TPSA) is 111 Å². The van der Waals surface area contributed by atoms with Crippen molar-refractivity contribution in [2.45, 2.75) is 12.6 Å². The molecular formula is C26H23F3N6O4. The molecule has 3 heterocycles. The van der Waals surface area contributed by atoms with Crippen molar-refractivity contribution in [3.63, 3.8) is 0 Å². The quantitative estimate of drug-likeness (QED) is 0.377. The fraction of sp³-hybridized carbons (Fsp3) is 0.231. The molecule has 0 unspecified atom stereocenters. The predicted molar refractivity (Wildman–Crippen MR) is 134 cm³/mol. The summed E-state index contributed by atoms with van der Waals surface area (Å²) in [4.78, 5) is 33.5. The highest BCUT2D eigenvalue weighted by Crippen LogP contribution is 2.30. The normalized spacial score (nSPS) is 14.2. The SMILES string of the molecule is O=C(Cc1ccc(C(F)(F)F)cc1)Nc1ccc(Oc2ncnc3c2ccn3C(=O)NN2CCOCC2)cc1. The maximum Gasteiger partial charge on any atom is 0.416 e. The molecule has 5 rings (SSSR count). The van der Waals surface area contributed by atoms with Gasteiger partial charge in [-0.1, -0.05) is 12.1 Å². The Balaban J connectivity index is 1.21. The second kappa shape index (κ2) is 11.1. The van der Waals surface area contributed by atoms with Gasteiger partial charge in [0.2, 0.25) is 11.8 Å². The molecule has 202 valence electrons. The molecule has 0 spiro atoms. The highest BCUT2D eigenvalue weighted by Gasteiger charge is 2.30. The van der Waals surface area contributed by atoms with Gasteiger partial charge in [0.1, 0.15) is 12.1 Å². The van der Waals surface area contributed by atoms with E-state index < -0.39 is 11.7 Å². The van der Waals surface area contributed by atoms with Crippen molar-refractivity contribution in [1.29, 1.82) is 0 Å². The molecule has 0 aliphatic carbocycles. The zero-order valence-corrected chi connectivity index (χ0v) is 20.4. The van der Waals surface area contributed by atoms with Crippen molar-refractivity contribution in [3.8, 4) is 11.6 Å². The summed E-state index contributed by atoms with van der Waals surface area (Å²) in [6, 6.07) is 12.3. The molecule has 13 heteroatoms. The highest BCUT2D eigenvalue weighted by molar-refractivity contribution is 5.92. The zero-order chi connectivity index (χ0) is 27.4. The number of nitrogens with zero attached hydrogens (tertiary/aromatic N) is 4. The Morgan fingerprint density at radius 1 is 0.974 bits per heavy atom. The van der Waals surface area contributed by atoms with Crippen molar-refractivity contribution in [2.24, 2.45) is 0 Å². The Morgan fingerprint density at radius 2 is 1.69 bits per heavy atom. The van der Waals surface area contributed by atoms with Crippen LogP contribution in [0.2, 0.25) is 0 Å². The fourth-order valence-corrected chi connectivity index (χ4v) is 3.96. The summed E-state index contributed by atoms with van der Waals surface area (Å²) in [5.41, 5.74) is 3.37. The molecular weight excluding hydrogens is 517 g/mol. The number of hydrazine groups is 1. The van der Waals surface area contributed by atoms with Gasteiger partial charge in [-0.2, -0.15) is 13.2 Å². The molecule has 1 saturated heterocycles. The number of hydrogen-bond acceptors (Lipinski definition) is 7. The molecule has 0 radical (unpaired) electrons. The molecule has 1 aliphatic heterocycles. The number of aromatic nitrogens is 3. The van der Waals surface area contributed by atoms with E-state index in [1.54, 1.807) is 41.5 Å². The van der Waals surface area contributed by atoms with Crippen LogP contribution in [0.4, 0.5) is 23.7 Å². The maximum absolute atomic E-state index is 12.7. The molecule has 1 aliphatic rings. The van der Waals surface area contributed by atoms with Crippen LogP contribution in [0.25, 0.3) is 11.0 Å². The number of benzene rings is 2. The number of anilines is 1. The minimum absolute atomic E-state index is 0.0780. The number of rotatable bonds is 6. The number of carbonyl (C=O) groups is 2. The van der Waals surface area contributed by atoms with Crippen molar-refractivity contribution in [3.05, 3.63) is 78.2 Å². The third-order valence-corrected chi connectivity index (χ3v) is 5.93. The first-order chi connectivity index (χ1) is 18.8. The van der Waals surface area contributed by atoms with Crippen LogP contribution in [0.1, 0.15) is 11.1 Å². The average molecular weight is 541 g/mol. The van der Waals surface area contributed by atoms with Gasteiger partial charge < -0.3 is 14.8 Å². The first-order valence-electron chi connectivity index (χ1n) is 12.0. The summed E-state index contributed by atoms with van der Waals surface area (Å²) in [7, 11) is 0. The summed E-state index contributed by atoms with van der Waals surface area (Å²) >= 11 is 0. The van der Waals surface area contributed by atoms with E-state index >= 15 is 0 Å². The fourth-order valence-electron chi connectivity index (χ4n) is 3.96. The molecule has 2 N–H and O–H groups in total. The van der Waals surface area contributed by atoms with Crippen molar-refractivity contribution >= 4 is 28.7 Å². The number of halogens is 3. The van der Waals surface area contributed by atoms with Crippen LogP contribution in [0.3, 0.4) is 0 Å². The van der Waals surface area contributed by atoms with E-state index in [1.807, 2.05) is 0 Å². The van der Waals surface area contributed by atoms with Gasteiger partial charge in [-0.3, -0.25) is 14.8 Å². The summed E-state index contributed by atoms with van der Waals surface area (Å²) in [5.74, 6) is 0.302. The second-order valence-corrected chi connectivity index (χ2v) is 8.66. The Bertz CT molecular complexity index is 1470. The van der Waals surface area contributed by atoms with Crippen molar-refractivity contribution in [2.75, 3.05) is 31.6 Å². The Labute approximate surface area is 220 Å². The maximum atomic E-state index is 12.7. The van der Waals surface area contributed by atoms with Crippen LogP contribution in [0, 0.1) is 0 Å². The second-order valence-electron chi connectivity index (χ2n) is 8.66. The first-order valence-corrected chi connectivity index (χ1v) is 12.0. The first kappa shape index (κ1) is 26.1. The molecule has 2 amide bonds. The van der Waals surface area contributed by atoms with Gasteiger partial charge in [0.25, 0.3) is 0 Å². The number of amides is 2. The lowest BCUT2D eigenvalue weighted by atomic mass is 10.1. The summed E-state index contributed by atoms with van der Waals surface area (Å²) < 4.78 is 50.7. The lowest BCUT2D eigenvalue weighted by Crippen LogP contribution is -2.49. The number of nitrogens with one attached hydrogen (secondary N) is 2. The summed E-state index contributed by atoms with van der Waals surface area (Å²) in [6.45, 7) is 2.24. The lowest BCUT2D eigenvalue weighted by molar-refractivity contribution is -0.137. The van der Waals surface area contributed by atoms with Gasteiger partial charge >= 0.3 is 12.2 Å². The smallest absolute Gasteiger partial charge is 0.416 e. The van der Waals surface area contributed by atoms with E-state index in [0.29, 0.717) is 54.3 Å². The van der Waals surface area contributed by atoms with E-state index in [4.69, 9.17) is 9.47 Å². The molecule has 2 aromatic heterocycles. The Hall–Kier alpha value is -4.49. The van der Waals surface area contributed by atoms with E-state index in [9.17, 15) is 22.8 Å². The molecule has 1 fully saturated rings. The van der Waals surface area contributed by atoms with Gasteiger partial charge in [0, 0.05) is 25.0 Å². The molecule has 10 nitrogen and oxygen atoms in total. The average Bonchev–Trinajstić information content (AvgIpc) is 3.36. The van der Waals surface area contributed by atoms with E-state index in [0.717, 1.165) is 12.1 Å². The van der Waals surface area contributed by atoms with Crippen LogP contribution in [-0.2, 0) is 22.1 Å². The number of morpholine rings is 1. The van der Waals surface area contributed by atoms with Gasteiger partial charge in [-0.15, -0.1) is 0 Å². The van der Waals surface area contributed by atoms with Gasteiger partial charge in [0.05, 0.1) is 30.6 Å². The third-order valence-electron chi connectivity index (χ3n) is 5.93. The predicted octanol–water partition coefficient (Wildman–Crippen LogP) is 4.23. The van der Waals surface area contributed by atoms with Crippen LogP contribution in [-0.4, -0.2) is 57.8 Å². The number of alkyl halides is 3. The lowest BCUT2D eigenvalue weighted by Gasteiger charge is -2.26. The van der Waals surface area contributed by atoms with Gasteiger partial charge in [0.15, 0.2) is 5.65 Å². The van der Waals surface area contributed by atoms with Crippen LogP contribution < -0.4 is 15.5 Å². The van der Waals surface area contributed by atoms with E-state index in [-0.39, 0.29) is 24.2 Å². The largest absolute Gasteiger partial charge is 0.438 e. The number of hydrogen-bond donors (Lipinski definition) is 2. The number of carbonyl (C=O) groups excluding carboxylic acids is 2. The van der Waals surface area contributed by atoms with Crippen molar-refractivity contribution in [1.82, 2.24) is 25.0 Å². The van der Waals surface area contributed by atoms with Gasteiger partial charge in [-0.25, -0.2) is 19.8 Å². The zero-order valence-electron chi connectivity index (χ0n) is 20.4. The third kappa shape index (κ3) is 6.33. The highest BCUT2D eigenvalue weighted by atomic mass is 19.4. The van der Waals surface area contributed by atoms with Crippen molar-refractivity contribution < 1.29 is 32.2 Å². The Kier molecular flexibility index (Phi) is 7.43. The standard InChI is InChI=1S/C26H23F3N6O4/c27-26(28,29)18-3-1-17(2-4-18)15-22(36)32-19-5-7-20(8-6-19)39-24-21-9-10-35(23(21)30-16-31-24)25(37)33-34-11-13-38-14-12-34/h1-10,16H,11-15H2,(H,32,36)(H,33,37). The Morgan fingerprint density at radius 3 is 2.38 bits per heavy atom. The van der Waals surface area contributed by atoms with E-state index in [1.165, 1.54) is 23.0 Å². The monoisotopic (exact) mass is 540 g/mol.